The summed E-state index contributed by atoms with van der Waals surface area (Å²) in [6.07, 6.45) is 0. The molecule has 0 aliphatic rings. The Morgan fingerprint density at radius 2 is 1.94 bits per heavy atom. The molecule has 0 atom stereocenters. The lowest BCUT2D eigenvalue weighted by molar-refractivity contribution is 0.304. The van der Waals surface area contributed by atoms with E-state index in [2.05, 4.69) is 0 Å². The first-order valence-corrected chi connectivity index (χ1v) is 6.24. The van der Waals surface area contributed by atoms with Crippen LogP contribution in [0.4, 0.5) is 0 Å². The molecule has 0 amide bonds. The molecule has 0 fully saturated rings. The number of benzene rings is 2. The van der Waals surface area contributed by atoms with Crippen LogP contribution < -0.4 is 10.5 Å². The predicted molar refractivity (Wildman–Crippen MR) is 74.9 cm³/mol. The van der Waals surface area contributed by atoms with Crippen LogP contribution in [0.1, 0.15) is 16.7 Å². The molecule has 0 bridgehead atoms. The maximum atomic E-state index is 6.08. The van der Waals surface area contributed by atoms with Gasteiger partial charge in [0.25, 0.3) is 0 Å². The van der Waals surface area contributed by atoms with E-state index in [9.17, 15) is 0 Å². The molecule has 2 nitrogen and oxygen atoms in total. The molecule has 0 radical (unpaired) electrons. The zero-order valence-corrected chi connectivity index (χ0v) is 11.1. The Balaban J connectivity index is 2.09. The van der Waals surface area contributed by atoms with Crippen molar-refractivity contribution >= 4 is 11.6 Å². The molecule has 2 N–H and O–H groups in total. The first-order valence-electron chi connectivity index (χ1n) is 5.86. The first kappa shape index (κ1) is 12.9. The van der Waals surface area contributed by atoms with Gasteiger partial charge in [-0.15, -0.1) is 0 Å². The summed E-state index contributed by atoms with van der Waals surface area (Å²) in [4.78, 5) is 0. The zero-order valence-electron chi connectivity index (χ0n) is 10.3. The van der Waals surface area contributed by atoms with Crippen molar-refractivity contribution in [2.45, 2.75) is 20.1 Å². The number of ether oxygens (including phenoxy) is 1. The van der Waals surface area contributed by atoms with Gasteiger partial charge in [-0.1, -0.05) is 41.9 Å². The number of halogens is 1. The highest BCUT2D eigenvalue weighted by Gasteiger charge is 2.03. The molecule has 2 rings (SSSR count). The molecule has 0 aliphatic heterocycles. The summed E-state index contributed by atoms with van der Waals surface area (Å²) in [5, 5.41) is 0.730. The SMILES string of the molecule is Cc1cc(CN)ccc1OCc1ccccc1Cl. The minimum atomic E-state index is 0.475. The number of hydrogen-bond donors (Lipinski definition) is 1. The molecule has 94 valence electrons. The standard InChI is InChI=1S/C15H16ClNO/c1-11-8-12(9-17)6-7-15(11)18-10-13-4-2-3-5-14(13)16/h2-8H,9-10,17H2,1H3. The van der Waals surface area contributed by atoms with E-state index in [1.54, 1.807) is 0 Å². The first-order chi connectivity index (χ1) is 8.70. The highest BCUT2D eigenvalue weighted by atomic mass is 35.5. The highest BCUT2D eigenvalue weighted by molar-refractivity contribution is 6.31. The van der Waals surface area contributed by atoms with Crippen molar-refractivity contribution in [2.75, 3.05) is 0 Å². The van der Waals surface area contributed by atoms with Gasteiger partial charge in [0, 0.05) is 17.1 Å². The lowest BCUT2D eigenvalue weighted by atomic mass is 10.1. The number of hydrogen-bond acceptors (Lipinski definition) is 2. The normalized spacial score (nSPS) is 10.4. The second kappa shape index (κ2) is 5.89. The zero-order chi connectivity index (χ0) is 13.0. The van der Waals surface area contributed by atoms with Crippen LogP contribution in [0.2, 0.25) is 5.02 Å². The van der Waals surface area contributed by atoms with Crippen molar-refractivity contribution in [3.05, 3.63) is 64.2 Å². The molecular weight excluding hydrogens is 246 g/mol. The van der Waals surface area contributed by atoms with Gasteiger partial charge in [0.1, 0.15) is 12.4 Å². The van der Waals surface area contributed by atoms with E-state index in [0.29, 0.717) is 13.2 Å². The summed E-state index contributed by atoms with van der Waals surface area (Å²) >= 11 is 6.08. The fraction of sp³-hybridized carbons (Fsp3) is 0.200. The molecule has 3 heteroatoms. The van der Waals surface area contributed by atoms with E-state index in [1.807, 2.05) is 49.4 Å². The summed E-state index contributed by atoms with van der Waals surface area (Å²) < 4.78 is 5.78. The van der Waals surface area contributed by atoms with Crippen molar-refractivity contribution in [3.8, 4) is 5.75 Å². The third-order valence-corrected chi connectivity index (χ3v) is 3.18. The van der Waals surface area contributed by atoms with Crippen LogP contribution in [0.3, 0.4) is 0 Å². The summed E-state index contributed by atoms with van der Waals surface area (Å²) in [5.41, 5.74) is 8.78. The Bertz CT molecular complexity index is 540. The van der Waals surface area contributed by atoms with Gasteiger partial charge < -0.3 is 10.5 Å². The Kier molecular flexibility index (Phi) is 4.24. The van der Waals surface area contributed by atoms with Crippen molar-refractivity contribution in [1.29, 1.82) is 0 Å². The number of rotatable bonds is 4. The van der Waals surface area contributed by atoms with E-state index in [-0.39, 0.29) is 0 Å². The van der Waals surface area contributed by atoms with Crippen molar-refractivity contribution in [2.24, 2.45) is 5.73 Å². The van der Waals surface area contributed by atoms with Gasteiger partial charge in [-0.2, -0.15) is 0 Å². The maximum absolute atomic E-state index is 6.08. The Morgan fingerprint density at radius 3 is 2.61 bits per heavy atom. The average molecular weight is 262 g/mol. The van der Waals surface area contributed by atoms with Gasteiger partial charge in [0.2, 0.25) is 0 Å². The van der Waals surface area contributed by atoms with Crippen molar-refractivity contribution in [3.63, 3.8) is 0 Å². The van der Waals surface area contributed by atoms with Crippen molar-refractivity contribution in [1.82, 2.24) is 0 Å². The molecular formula is C15H16ClNO. The van der Waals surface area contributed by atoms with Crippen LogP contribution >= 0.6 is 11.6 Å². The molecule has 18 heavy (non-hydrogen) atoms. The monoisotopic (exact) mass is 261 g/mol. The van der Waals surface area contributed by atoms with E-state index in [0.717, 1.165) is 27.5 Å². The van der Waals surface area contributed by atoms with Gasteiger partial charge >= 0.3 is 0 Å². The molecule has 0 heterocycles. The van der Waals surface area contributed by atoms with Crippen LogP contribution in [0.15, 0.2) is 42.5 Å². The fourth-order valence-corrected chi connectivity index (χ4v) is 1.96. The Morgan fingerprint density at radius 1 is 1.17 bits per heavy atom. The largest absolute Gasteiger partial charge is 0.489 e. The van der Waals surface area contributed by atoms with Gasteiger partial charge in [-0.05, 0) is 30.2 Å². The molecule has 2 aromatic rings. The van der Waals surface area contributed by atoms with E-state index >= 15 is 0 Å². The molecule has 2 aromatic carbocycles. The van der Waals surface area contributed by atoms with E-state index in [4.69, 9.17) is 22.1 Å². The topological polar surface area (TPSA) is 35.2 Å². The van der Waals surface area contributed by atoms with Crippen LogP contribution in [-0.4, -0.2) is 0 Å². The summed E-state index contributed by atoms with van der Waals surface area (Å²) in [5.74, 6) is 0.868. The molecule has 0 saturated carbocycles. The van der Waals surface area contributed by atoms with Gasteiger partial charge in [-0.25, -0.2) is 0 Å². The Labute approximate surface area is 112 Å². The molecule has 0 unspecified atom stereocenters. The van der Waals surface area contributed by atoms with Gasteiger partial charge in [0.15, 0.2) is 0 Å². The van der Waals surface area contributed by atoms with Crippen molar-refractivity contribution < 1.29 is 4.74 Å². The lowest BCUT2D eigenvalue weighted by Crippen LogP contribution is -2.00. The second-order valence-electron chi connectivity index (χ2n) is 4.18. The van der Waals surface area contributed by atoms with Crippen LogP contribution in [0, 0.1) is 6.92 Å². The fourth-order valence-electron chi connectivity index (χ4n) is 1.77. The molecule has 0 saturated heterocycles. The third kappa shape index (κ3) is 3.03. The summed E-state index contributed by atoms with van der Waals surface area (Å²) in [6.45, 7) is 3.04. The lowest BCUT2D eigenvalue weighted by Gasteiger charge is -2.11. The maximum Gasteiger partial charge on any atom is 0.122 e. The second-order valence-corrected chi connectivity index (χ2v) is 4.59. The highest BCUT2D eigenvalue weighted by Crippen LogP contribution is 2.22. The van der Waals surface area contributed by atoms with E-state index < -0.39 is 0 Å². The average Bonchev–Trinajstić information content (AvgIpc) is 2.39. The van der Waals surface area contributed by atoms with Crippen LogP contribution in [0.5, 0.6) is 5.75 Å². The van der Waals surface area contributed by atoms with Gasteiger partial charge in [0.05, 0.1) is 0 Å². The number of nitrogens with two attached hydrogens (primary N) is 1. The minimum Gasteiger partial charge on any atom is -0.489 e. The Hall–Kier alpha value is -1.51. The van der Waals surface area contributed by atoms with Crippen LogP contribution in [-0.2, 0) is 13.2 Å². The number of aryl methyl sites for hydroxylation is 1. The van der Waals surface area contributed by atoms with E-state index in [1.165, 1.54) is 0 Å². The minimum absolute atomic E-state index is 0.475. The van der Waals surface area contributed by atoms with Gasteiger partial charge in [-0.3, -0.25) is 0 Å². The summed E-state index contributed by atoms with van der Waals surface area (Å²) in [6, 6.07) is 13.7. The molecule has 0 aromatic heterocycles. The molecule has 0 aliphatic carbocycles. The third-order valence-electron chi connectivity index (χ3n) is 2.82. The quantitative estimate of drug-likeness (QED) is 0.911. The smallest absolute Gasteiger partial charge is 0.122 e. The predicted octanol–water partition coefficient (Wildman–Crippen LogP) is 3.69. The van der Waals surface area contributed by atoms with Crippen LogP contribution in [0.25, 0.3) is 0 Å². The molecule has 0 spiro atoms. The summed E-state index contributed by atoms with van der Waals surface area (Å²) in [7, 11) is 0.